The lowest BCUT2D eigenvalue weighted by molar-refractivity contribution is 0.526. The van der Waals surface area contributed by atoms with Gasteiger partial charge < -0.3 is 11.1 Å². The molecule has 2 heteroatoms. The first-order chi connectivity index (χ1) is 10.7. The first-order valence-electron chi connectivity index (χ1n) is 8.46. The molecular weight excluding hydrogens is 268 g/mol. The van der Waals surface area contributed by atoms with Gasteiger partial charge in [-0.25, -0.2) is 0 Å². The van der Waals surface area contributed by atoms with E-state index in [1.54, 1.807) is 0 Å². The second-order valence-corrected chi connectivity index (χ2v) is 6.08. The molecule has 0 saturated heterocycles. The van der Waals surface area contributed by atoms with Crippen LogP contribution in [-0.4, -0.2) is 13.1 Å². The van der Waals surface area contributed by atoms with Gasteiger partial charge in [0.15, 0.2) is 0 Å². The van der Waals surface area contributed by atoms with Crippen molar-refractivity contribution < 1.29 is 0 Å². The minimum absolute atomic E-state index is 0.532. The summed E-state index contributed by atoms with van der Waals surface area (Å²) < 4.78 is 0. The fourth-order valence-corrected chi connectivity index (χ4v) is 2.37. The van der Waals surface area contributed by atoms with Crippen molar-refractivity contribution in [2.24, 2.45) is 17.6 Å². The fourth-order valence-electron chi connectivity index (χ4n) is 2.37. The molecule has 122 valence electrons. The largest absolute Gasteiger partial charge is 0.385 e. The van der Waals surface area contributed by atoms with Crippen LogP contribution in [0.15, 0.2) is 49.1 Å². The molecule has 0 aliphatic heterocycles. The molecule has 0 fully saturated rings. The van der Waals surface area contributed by atoms with E-state index in [0.29, 0.717) is 11.8 Å². The van der Waals surface area contributed by atoms with E-state index in [1.165, 1.54) is 11.3 Å². The highest BCUT2D eigenvalue weighted by Gasteiger charge is 2.05. The molecule has 2 unspecified atom stereocenters. The smallest absolute Gasteiger partial charge is 0.0340 e. The summed E-state index contributed by atoms with van der Waals surface area (Å²) in [6, 6.07) is 8.78. The first kappa shape index (κ1) is 18.5. The van der Waals surface area contributed by atoms with Crippen LogP contribution in [0.25, 0.3) is 0 Å². The lowest BCUT2D eigenvalue weighted by Gasteiger charge is -2.16. The van der Waals surface area contributed by atoms with E-state index in [9.17, 15) is 0 Å². The average Bonchev–Trinajstić information content (AvgIpc) is 2.56. The van der Waals surface area contributed by atoms with Crippen molar-refractivity contribution in [3.8, 4) is 0 Å². The molecule has 0 aliphatic rings. The van der Waals surface area contributed by atoms with Gasteiger partial charge in [0.25, 0.3) is 0 Å². The third kappa shape index (κ3) is 7.46. The number of benzene rings is 1. The fraction of sp³-hybridized carbons (Fsp3) is 0.500. The zero-order valence-electron chi connectivity index (χ0n) is 14.2. The van der Waals surface area contributed by atoms with Crippen LogP contribution >= 0.6 is 0 Å². The minimum atomic E-state index is 0.532. The van der Waals surface area contributed by atoms with E-state index in [4.69, 9.17) is 5.73 Å². The van der Waals surface area contributed by atoms with E-state index < -0.39 is 0 Å². The van der Waals surface area contributed by atoms with Crippen molar-refractivity contribution >= 4 is 5.69 Å². The zero-order chi connectivity index (χ0) is 16.2. The topological polar surface area (TPSA) is 38.0 Å². The van der Waals surface area contributed by atoms with E-state index in [1.807, 2.05) is 6.08 Å². The SMILES string of the molecule is C=CC(C)CCc1ccc(NCC(CN)CC/C=C\C)cc1. The number of hydrogen-bond acceptors (Lipinski definition) is 2. The summed E-state index contributed by atoms with van der Waals surface area (Å²) in [5.41, 5.74) is 8.43. The summed E-state index contributed by atoms with van der Waals surface area (Å²) in [5, 5.41) is 3.51. The average molecular weight is 300 g/mol. The Morgan fingerprint density at radius 2 is 1.95 bits per heavy atom. The van der Waals surface area contributed by atoms with E-state index in [2.05, 4.69) is 62.2 Å². The van der Waals surface area contributed by atoms with Crippen molar-refractivity contribution in [3.63, 3.8) is 0 Å². The van der Waals surface area contributed by atoms with Crippen LogP contribution in [0.1, 0.15) is 38.7 Å². The van der Waals surface area contributed by atoms with E-state index in [0.717, 1.165) is 38.8 Å². The van der Waals surface area contributed by atoms with Crippen LogP contribution in [-0.2, 0) is 6.42 Å². The highest BCUT2D eigenvalue weighted by Crippen LogP contribution is 2.15. The van der Waals surface area contributed by atoms with E-state index in [-0.39, 0.29) is 0 Å². The van der Waals surface area contributed by atoms with Crippen LogP contribution in [0.4, 0.5) is 5.69 Å². The molecule has 0 aromatic heterocycles. The number of anilines is 1. The summed E-state index contributed by atoms with van der Waals surface area (Å²) in [5.74, 6) is 1.12. The Hall–Kier alpha value is -1.54. The number of hydrogen-bond donors (Lipinski definition) is 2. The number of nitrogens with two attached hydrogens (primary N) is 1. The van der Waals surface area contributed by atoms with Gasteiger partial charge in [-0.1, -0.05) is 37.3 Å². The third-order valence-electron chi connectivity index (χ3n) is 4.15. The van der Waals surface area contributed by atoms with Gasteiger partial charge >= 0.3 is 0 Å². The highest BCUT2D eigenvalue weighted by molar-refractivity contribution is 5.44. The van der Waals surface area contributed by atoms with Crippen molar-refractivity contribution in [2.45, 2.75) is 39.5 Å². The van der Waals surface area contributed by atoms with Crippen molar-refractivity contribution in [1.82, 2.24) is 0 Å². The Morgan fingerprint density at radius 3 is 2.55 bits per heavy atom. The number of nitrogens with one attached hydrogen (secondary N) is 1. The standard InChI is InChI=1S/C20H32N2/c1-4-6-7-8-19(15-21)16-22-20-13-11-18(12-14-20)10-9-17(3)5-2/h4-6,11-14,17,19,22H,2,7-10,15-16,21H2,1,3H3/b6-4-. The van der Waals surface area contributed by atoms with Crippen LogP contribution < -0.4 is 11.1 Å². The molecule has 0 aliphatic carbocycles. The highest BCUT2D eigenvalue weighted by atomic mass is 14.9. The Morgan fingerprint density at radius 1 is 1.23 bits per heavy atom. The number of allylic oxidation sites excluding steroid dienone is 3. The van der Waals surface area contributed by atoms with Gasteiger partial charge in [-0.05, 0) is 68.7 Å². The third-order valence-corrected chi connectivity index (χ3v) is 4.15. The normalized spacial score (nSPS) is 14.0. The van der Waals surface area contributed by atoms with Gasteiger partial charge in [-0.3, -0.25) is 0 Å². The maximum Gasteiger partial charge on any atom is 0.0340 e. The second-order valence-electron chi connectivity index (χ2n) is 6.08. The first-order valence-corrected chi connectivity index (χ1v) is 8.46. The molecule has 0 spiro atoms. The molecule has 0 saturated carbocycles. The molecule has 1 rings (SSSR count). The molecule has 1 aromatic carbocycles. The summed E-state index contributed by atoms with van der Waals surface area (Å²) in [4.78, 5) is 0. The molecule has 0 bridgehead atoms. The van der Waals surface area contributed by atoms with Crippen LogP contribution in [0.2, 0.25) is 0 Å². The molecule has 2 atom stereocenters. The Bertz CT molecular complexity index is 434. The van der Waals surface area contributed by atoms with Crippen LogP contribution in [0.3, 0.4) is 0 Å². The predicted molar refractivity (Wildman–Crippen MR) is 99.2 cm³/mol. The van der Waals surface area contributed by atoms with Crippen LogP contribution in [0.5, 0.6) is 0 Å². The van der Waals surface area contributed by atoms with Gasteiger partial charge in [-0.2, -0.15) is 0 Å². The summed E-state index contributed by atoms with van der Waals surface area (Å²) >= 11 is 0. The van der Waals surface area contributed by atoms with Gasteiger partial charge in [0.05, 0.1) is 0 Å². The number of aryl methyl sites for hydroxylation is 1. The maximum absolute atomic E-state index is 5.85. The van der Waals surface area contributed by atoms with Gasteiger partial charge in [0.2, 0.25) is 0 Å². The lowest BCUT2D eigenvalue weighted by Crippen LogP contribution is -2.22. The quantitative estimate of drug-likeness (QED) is 0.577. The second kappa shape index (κ2) is 11.1. The van der Waals surface area contributed by atoms with Crippen LogP contribution in [0, 0.1) is 11.8 Å². The lowest BCUT2D eigenvalue weighted by atomic mass is 10.0. The summed E-state index contributed by atoms with van der Waals surface area (Å²) in [7, 11) is 0. The molecule has 0 heterocycles. The van der Waals surface area contributed by atoms with Gasteiger partial charge in [-0.15, -0.1) is 6.58 Å². The Balaban J connectivity index is 2.38. The summed E-state index contributed by atoms with van der Waals surface area (Å²) in [6.07, 6.45) is 10.9. The molecule has 1 aromatic rings. The monoisotopic (exact) mass is 300 g/mol. The van der Waals surface area contributed by atoms with Gasteiger partial charge in [0.1, 0.15) is 0 Å². The predicted octanol–water partition coefficient (Wildman–Crippen LogP) is 4.78. The summed E-state index contributed by atoms with van der Waals surface area (Å²) in [6.45, 7) is 9.80. The Kier molecular flexibility index (Phi) is 9.33. The molecule has 3 N–H and O–H groups in total. The number of rotatable bonds is 11. The molecule has 2 nitrogen and oxygen atoms in total. The minimum Gasteiger partial charge on any atom is -0.385 e. The van der Waals surface area contributed by atoms with Crippen molar-refractivity contribution in [3.05, 3.63) is 54.6 Å². The van der Waals surface area contributed by atoms with Crippen molar-refractivity contribution in [1.29, 1.82) is 0 Å². The molecular formula is C20H32N2. The van der Waals surface area contributed by atoms with E-state index >= 15 is 0 Å². The molecule has 0 radical (unpaired) electrons. The maximum atomic E-state index is 5.85. The molecule has 0 amide bonds. The van der Waals surface area contributed by atoms with Gasteiger partial charge in [0, 0.05) is 12.2 Å². The Labute approximate surface area is 136 Å². The molecule has 22 heavy (non-hydrogen) atoms. The zero-order valence-corrected chi connectivity index (χ0v) is 14.2. The van der Waals surface area contributed by atoms with Crippen molar-refractivity contribution in [2.75, 3.05) is 18.4 Å².